The highest BCUT2D eigenvalue weighted by Gasteiger charge is 2.19. The summed E-state index contributed by atoms with van der Waals surface area (Å²) in [6.45, 7) is 2.57. The lowest BCUT2D eigenvalue weighted by Crippen LogP contribution is -2.37. The molecule has 106 valence electrons. The number of amides is 2. The highest BCUT2D eigenvalue weighted by atomic mass is 79.9. The minimum atomic E-state index is -0.428. The molecular formula is C11H18BrN5O2. The van der Waals surface area contributed by atoms with Crippen molar-refractivity contribution in [2.75, 3.05) is 18.8 Å². The topological polar surface area (TPSA) is 102 Å². The van der Waals surface area contributed by atoms with Crippen LogP contribution in [0.2, 0.25) is 0 Å². The van der Waals surface area contributed by atoms with Crippen LogP contribution in [0.5, 0.6) is 0 Å². The number of halogens is 1. The predicted octanol–water partition coefficient (Wildman–Crippen LogP) is 0.411. The number of hydrogen-bond donors (Lipinski definition) is 3. The Hall–Kier alpha value is -1.57. The van der Waals surface area contributed by atoms with Gasteiger partial charge in [0, 0.05) is 13.6 Å². The molecule has 19 heavy (non-hydrogen) atoms. The number of nitrogens with one attached hydrogen (secondary N) is 2. The van der Waals surface area contributed by atoms with Gasteiger partial charge >= 0.3 is 0 Å². The van der Waals surface area contributed by atoms with Crippen LogP contribution in [0, 0.1) is 0 Å². The van der Waals surface area contributed by atoms with Gasteiger partial charge in [-0.05, 0) is 22.4 Å². The van der Waals surface area contributed by atoms with Crippen molar-refractivity contribution in [1.82, 2.24) is 20.4 Å². The standard InChI is InChI=1S/C11H18BrN5O2/c1-3-4-5-14-7(18)6-15-11(19)8-9(12)16-17(2)10(8)13/h3-6,13H2,1-2H3,(H,14,18)(H,15,19). The SMILES string of the molecule is CCCCNC(=O)CNC(=O)c1c(Br)nn(C)c1N. The van der Waals surface area contributed by atoms with Crippen molar-refractivity contribution < 1.29 is 9.59 Å². The molecule has 0 spiro atoms. The number of nitrogens with zero attached hydrogens (tertiary/aromatic N) is 2. The molecule has 7 nitrogen and oxygen atoms in total. The van der Waals surface area contributed by atoms with E-state index in [0.717, 1.165) is 12.8 Å². The molecule has 0 aliphatic carbocycles. The van der Waals surface area contributed by atoms with Crippen LogP contribution in [0.25, 0.3) is 0 Å². The molecule has 0 fully saturated rings. The van der Waals surface area contributed by atoms with E-state index in [2.05, 4.69) is 31.7 Å². The molecule has 4 N–H and O–H groups in total. The fourth-order valence-corrected chi connectivity index (χ4v) is 2.05. The van der Waals surface area contributed by atoms with E-state index in [1.54, 1.807) is 7.05 Å². The quantitative estimate of drug-likeness (QED) is 0.657. The molecule has 0 saturated carbocycles. The number of carbonyl (C=O) groups is 2. The van der Waals surface area contributed by atoms with E-state index in [1.165, 1.54) is 4.68 Å². The summed E-state index contributed by atoms with van der Waals surface area (Å²) < 4.78 is 1.75. The Kier molecular flexibility index (Phi) is 5.81. The Bertz CT molecular complexity index is 472. The Balaban J connectivity index is 2.49. The minimum absolute atomic E-state index is 0.0800. The van der Waals surface area contributed by atoms with Crippen molar-refractivity contribution >= 4 is 33.6 Å². The minimum Gasteiger partial charge on any atom is -0.383 e. The van der Waals surface area contributed by atoms with E-state index in [1.807, 2.05) is 6.92 Å². The molecule has 0 aromatic carbocycles. The van der Waals surface area contributed by atoms with Crippen molar-refractivity contribution in [2.45, 2.75) is 19.8 Å². The average Bonchev–Trinajstić information content (AvgIpc) is 2.61. The first-order valence-corrected chi connectivity index (χ1v) is 6.79. The molecule has 8 heteroatoms. The number of nitrogens with two attached hydrogens (primary N) is 1. The van der Waals surface area contributed by atoms with Crippen LogP contribution < -0.4 is 16.4 Å². The molecule has 0 atom stereocenters. The lowest BCUT2D eigenvalue weighted by atomic mass is 10.3. The van der Waals surface area contributed by atoms with E-state index in [0.29, 0.717) is 11.1 Å². The fourth-order valence-electron chi connectivity index (χ4n) is 1.43. The highest BCUT2D eigenvalue weighted by Crippen LogP contribution is 2.20. The van der Waals surface area contributed by atoms with Crippen LogP contribution >= 0.6 is 15.9 Å². The Morgan fingerprint density at radius 2 is 2.11 bits per heavy atom. The second-order valence-corrected chi connectivity index (χ2v) is 4.81. The summed E-state index contributed by atoms with van der Waals surface area (Å²) >= 11 is 3.15. The van der Waals surface area contributed by atoms with Gasteiger partial charge in [0.05, 0.1) is 6.54 Å². The number of hydrogen-bond acceptors (Lipinski definition) is 4. The molecule has 0 saturated heterocycles. The van der Waals surface area contributed by atoms with Gasteiger partial charge in [0.15, 0.2) is 0 Å². The summed E-state index contributed by atoms with van der Waals surface area (Å²) in [7, 11) is 1.63. The van der Waals surface area contributed by atoms with Gasteiger partial charge in [0.25, 0.3) is 5.91 Å². The second kappa shape index (κ2) is 7.13. The third-order valence-corrected chi connectivity index (χ3v) is 3.09. The molecule has 0 aliphatic heterocycles. The zero-order valence-corrected chi connectivity index (χ0v) is 12.6. The van der Waals surface area contributed by atoms with E-state index in [4.69, 9.17) is 5.73 Å². The monoisotopic (exact) mass is 331 g/mol. The fraction of sp³-hybridized carbons (Fsp3) is 0.545. The van der Waals surface area contributed by atoms with Gasteiger partial charge in [0.1, 0.15) is 16.0 Å². The van der Waals surface area contributed by atoms with Crippen LogP contribution in [-0.2, 0) is 11.8 Å². The van der Waals surface area contributed by atoms with Gasteiger partial charge in [-0.2, -0.15) is 5.10 Å². The van der Waals surface area contributed by atoms with Crippen LogP contribution in [0.15, 0.2) is 4.60 Å². The maximum absolute atomic E-state index is 11.9. The largest absolute Gasteiger partial charge is 0.383 e. The lowest BCUT2D eigenvalue weighted by molar-refractivity contribution is -0.120. The zero-order chi connectivity index (χ0) is 14.4. The molecule has 1 aromatic rings. The summed E-state index contributed by atoms with van der Waals surface area (Å²) in [5.74, 6) is -0.403. The number of unbranched alkanes of at least 4 members (excludes halogenated alkanes) is 1. The van der Waals surface area contributed by atoms with Crippen molar-refractivity contribution in [3.8, 4) is 0 Å². The zero-order valence-electron chi connectivity index (χ0n) is 11.0. The molecule has 0 aliphatic rings. The number of carbonyl (C=O) groups excluding carboxylic acids is 2. The predicted molar refractivity (Wildman–Crippen MR) is 75.6 cm³/mol. The van der Waals surface area contributed by atoms with Gasteiger partial charge < -0.3 is 16.4 Å². The first-order valence-electron chi connectivity index (χ1n) is 6.00. The van der Waals surface area contributed by atoms with Crippen LogP contribution in [0.4, 0.5) is 5.82 Å². The molecule has 2 amide bonds. The van der Waals surface area contributed by atoms with Crippen molar-refractivity contribution in [1.29, 1.82) is 0 Å². The van der Waals surface area contributed by atoms with Crippen molar-refractivity contribution in [3.05, 3.63) is 10.2 Å². The summed E-state index contributed by atoms with van der Waals surface area (Å²) in [4.78, 5) is 23.3. The van der Waals surface area contributed by atoms with Gasteiger partial charge in [-0.3, -0.25) is 14.3 Å². The van der Waals surface area contributed by atoms with Crippen LogP contribution in [0.3, 0.4) is 0 Å². The molecule has 0 bridgehead atoms. The van der Waals surface area contributed by atoms with Crippen LogP contribution in [-0.4, -0.2) is 34.7 Å². The molecule has 0 unspecified atom stereocenters. The number of aromatic nitrogens is 2. The maximum Gasteiger partial charge on any atom is 0.258 e. The lowest BCUT2D eigenvalue weighted by Gasteiger charge is -2.06. The summed E-state index contributed by atoms with van der Waals surface area (Å²) in [5, 5.41) is 9.18. The number of nitrogen functional groups attached to an aromatic ring is 1. The van der Waals surface area contributed by atoms with Crippen molar-refractivity contribution in [2.24, 2.45) is 7.05 Å². The van der Waals surface area contributed by atoms with E-state index in [9.17, 15) is 9.59 Å². The normalized spacial score (nSPS) is 10.3. The van der Waals surface area contributed by atoms with Crippen LogP contribution in [0.1, 0.15) is 30.1 Å². The number of rotatable bonds is 6. The van der Waals surface area contributed by atoms with E-state index >= 15 is 0 Å². The molecular weight excluding hydrogens is 314 g/mol. The van der Waals surface area contributed by atoms with Gasteiger partial charge in [-0.1, -0.05) is 13.3 Å². The van der Waals surface area contributed by atoms with E-state index in [-0.39, 0.29) is 23.8 Å². The summed E-state index contributed by atoms with van der Waals surface area (Å²) in [6.07, 6.45) is 1.92. The molecule has 1 heterocycles. The molecule has 0 radical (unpaired) electrons. The second-order valence-electron chi connectivity index (χ2n) is 4.06. The molecule has 1 rings (SSSR count). The average molecular weight is 332 g/mol. The van der Waals surface area contributed by atoms with E-state index < -0.39 is 5.91 Å². The Morgan fingerprint density at radius 1 is 1.42 bits per heavy atom. The first kappa shape index (κ1) is 15.5. The van der Waals surface area contributed by atoms with Crippen molar-refractivity contribution in [3.63, 3.8) is 0 Å². The smallest absolute Gasteiger partial charge is 0.258 e. The third kappa shape index (κ3) is 4.23. The summed E-state index contributed by atoms with van der Waals surface area (Å²) in [6, 6.07) is 0. The van der Waals surface area contributed by atoms with Gasteiger partial charge in [-0.25, -0.2) is 0 Å². The number of anilines is 1. The maximum atomic E-state index is 11.9. The highest BCUT2D eigenvalue weighted by molar-refractivity contribution is 9.10. The summed E-state index contributed by atoms with van der Waals surface area (Å²) in [5.41, 5.74) is 5.96. The first-order chi connectivity index (χ1) is 8.97. The van der Waals surface area contributed by atoms with Gasteiger partial charge in [0.2, 0.25) is 5.91 Å². The molecule has 1 aromatic heterocycles. The Labute approximate surface area is 120 Å². The van der Waals surface area contributed by atoms with Gasteiger partial charge in [-0.15, -0.1) is 0 Å². The third-order valence-electron chi connectivity index (χ3n) is 2.54. The Morgan fingerprint density at radius 3 is 2.63 bits per heavy atom. The number of aryl methyl sites for hydroxylation is 1.